The van der Waals surface area contributed by atoms with E-state index < -0.39 is 0 Å². The summed E-state index contributed by atoms with van der Waals surface area (Å²) in [5.74, 6) is 0.857. The third-order valence-electron chi connectivity index (χ3n) is 1.57. The number of halogens is 1. The van der Waals surface area contributed by atoms with Crippen LogP contribution in [0.3, 0.4) is 0 Å². The van der Waals surface area contributed by atoms with Crippen LogP contribution in [0.1, 0.15) is 5.69 Å². The van der Waals surface area contributed by atoms with E-state index >= 15 is 0 Å². The summed E-state index contributed by atoms with van der Waals surface area (Å²) < 4.78 is 9.97. The molecule has 0 saturated heterocycles. The Morgan fingerprint density at radius 1 is 1.46 bits per heavy atom. The van der Waals surface area contributed by atoms with Crippen molar-refractivity contribution >= 4 is 11.6 Å². The van der Waals surface area contributed by atoms with Crippen LogP contribution in [-0.2, 0) is 6.54 Å². The topological polar surface area (TPSA) is 57.4 Å². The molecule has 72 valence electrons. The molecule has 4 nitrogen and oxygen atoms in total. The second-order valence-electron chi connectivity index (χ2n) is 2.34. The summed E-state index contributed by atoms with van der Waals surface area (Å²) >= 11 is 5.88. The zero-order chi connectivity index (χ0) is 9.84. The fourth-order valence-electron chi connectivity index (χ4n) is 0.920. The Balaban J connectivity index is 3.20. The van der Waals surface area contributed by atoms with Crippen LogP contribution in [0, 0.1) is 0 Å². The van der Waals surface area contributed by atoms with Gasteiger partial charge in [0.15, 0.2) is 0 Å². The first-order valence-electron chi connectivity index (χ1n) is 3.70. The minimum atomic E-state index is 0.323. The highest BCUT2D eigenvalue weighted by Crippen LogP contribution is 2.32. The van der Waals surface area contributed by atoms with Crippen LogP contribution in [0.4, 0.5) is 0 Å². The van der Waals surface area contributed by atoms with E-state index in [1.54, 1.807) is 6.07 Å². The zero-order valence-electron chi connectivity index (χ0n) is 7.50. The minimum Gasteiger partial charge on any atom is -0.495 e. The standard InChI is InChI=1S/C8H11ClN2O2/c1-12-6-3-5(4-10)11-8(13-2)7(6)9/h3H,4,10H2,1-2H3. The summed E-state index contributed by atoms with van der Waals surface area (Å²) in [6.45, 7) is 0.323. The maximum absolute atomic E-state index is 5.88. The van der Waals surface area contributed by atoms with Gasteiger partial charge in [0.1, 0.15) is 10.8 Å². The Labute approximate surface area is 81.6 Å². The van der Waals surface area contributed by atoms with E-state index in [-0.39, 0.29) is 0 Å². The highest BCUT2D eigenvalue weighted by atomic mass is 35.5. The summed E-state index contributed by atoms with van der Waals surface area (Å²) in [6, 6.07) is 1.69. The molecular weight excluding hydrogens is 192 g/mol. The first kappa shape index (κ1) is 10.1. The van der Waals surface area contributed by atoms with E-state index in [1.165, 1.54) is 14.2 Å². The second-order valence-corrected chi connectivity index (χ2v) is 2.72. The quantitative estimate of drug-likeness (QED) is 0.801. The SMILES string of the molecule is COc1cc(CN)nc(OC)c1Cl. The molecule has 5 heteroatoms. The molecule has 0 bridgehead atoms. The highest BCUT2D eigenvalue weighted by molar-refractivity contribution is 6.33. The molecule has 0 aromatic carbocycles. The predicted molar refractivity (Wildman–Crippen MR) is 50.2 cm³/mol. The number of hydrogen-bond acceptors (Lipinski definition) is 4. The van der Waals surface area contributed by atoms with Gasteiger partial charge in [0.05, 0.1) is 19.9 Å². The molecule has 0 spiro atoms. The van der Waals surface area contributed by atoms with Crippen molar-refractivity contribution in [3.63, 3.8) is 0 Å². The number of ether oxygens (including phenoxy) is 2. The molecule has 1 rings (SSSR count). The van der Waals surface area contributed by atoms with Crippen molar-refractivity contribution in [1.82, 2.24) is 4.98 Å². The fourth-order valence-corrected chi connectivity index (χ4v) is 1.17. The summed E-state index contributed by atoms with van der Waals surface area (Å²) in [5.41, 5.74) is 6.11. The van der Waals surface area contributed by atoms with Crippen LogP contribution in [0.5, 0.6) is 11.6 Å². The lowest BCUT2D eigenvalue weighted by molar-refractivity contribution is 0.381. The number of nitrogens with two attached hydrogens (primary N) is 1. The van der Waals surface area contributed by atoms with Crippen molar-refractivity contribution in [2.24, 2.45) is 5.73 Å². The van der Waals surface area contributed by atoms with Gasteiger partial charge in [-0.15, -0.1) is 0 Å². The zero-order valence-corrected chi connectivity index (χ0v) is 8.26. The van der Waals surface area contributed by atoms with E-state index in [1.807, 2.05) is 0 Å². The molecule has 0 atom stereocenters. The number of nitrogens with zero attached hydrogens (tertiary/aromatic N) is 1. The first-order valence-corrected chi connectivity index (χ1v) is 4.08. The molecule has 0 radical (unpaired) electrons. The van der Waals surface area contributed by atoms with E-state index in [0.717, 1.165) is 0 Å². The van der Waals surface area contributed by atoms with Crippen LogP contribution in [-0.4, -0.2) is 19.2 Å². The van der Waals surface area contributed by atoms with Gasteiger partial charge in [0.2, 0.25) is 5.88 Å². The van der Waals surface area contributed by atoms with Gasteiger partial charge in [-0.05, 0) is 0 Å². The molecule has 2 N–H and O–H groups in total. The molecule has 1 heterocycles. The van der Waals surface area contributed by atoms with Gasteiger partial charge < -0.3 is 15.2 Å². The molecule has 0 aliphatic rings. The van der Waals surface area contributed by atoms with Crippen molar-refractivity contribution in [2.45, 2.75) is 6.54 Å². The molecule has 1 aromatic heterocycles. The maximum atomic E-state index is 5.88. The summed E-state index contributed by atoms with van der Waals surface area (Å²) in [4.78, 5) is 4.06. The van der Waals surface area contributed by atoms with E-state index in [0.29, 0.717) is 28.9 Å². The van der Waals surface area contributed by atoms with Crippen LogP contribution in [0.25, 0.3) is 0 Å². The second kappa shape index (κ2) is 4.30. The highest BCUT2D eigenvalue weighted by Gasteiger charge is 2.10. The monoisotopic (exact) mass is 202 g/mol. The van der Waals surface area contributed by atoms with Crippen molar-refractivity contribution < 1.29 is 9.47 Å². The Kier molecular flexibility index (Phi) is 3.33. The van der Waals surface area contributed by atoms with E-state index in [4.69, 9.17) is 26.8 Å². The van der Waals surface area contributed by atoms with Gasteiger partial charge in [0.25, 0.3) is 0 Å². The molecule has 0 amide bonds. The van der Waals surface area contributed by atoms with Gasteiger partial charge in [-0.25, -0.2) is 4.98 Å². The molecule has 1 aromatic rings. The Bertz CT molecular complexity index is 279. The molecule has 0 aliphatic heterocycles. The third-order valence-corrected chi connectivity index (χ3v) is 1.92. The number of rotatable bonds is 3. The largest absolute Gasteiger partial charge is 0.495 e. The van der Waals surface area contributed by atoms with Gasteiger partial charge in [-0.2, -0.15) is 0 Å². The van der Waals surface area contributed by atoms with Crippen molar-refractivity contribution in [2.75, 3.05) is 14.2 Å². The predicted octanol–water partition coefficient (Wildman–Crippen LogP) is 1.21. The number of pyridine rings is 1. The number of aromatic nitrogens is 1. The lowest BCUT2D eigenvalue weighted by Crippen LogP contribution is -2.02. The van der Waals surface area contributed by atoms with Gasteiger partial charge >= 0.3 is 0 Å². The third kappa shape index (κ3) is 2.02. The van der Waals surface area contributed by atoms with Crippen LogP contribution in [0.2, 0.25) is 5.02 Å². The van der Waals surface area contributed by atoms with Crippen LogP contribution >= 0.6 is 11.6 Å². The lowest BCUT2D eigenvalue weighted by atomic mass is 10.3. The van der Waals surface area contributed by atoms with Crippen molar-refractivity contribution in [3.05, 3.63) is 16.8 Å². The Morgan fingerprint density at radius 2 is 2.15 bits per heavy atom. The molecule has 13 heavy (non-hydrogen) atoms. The average molecular weight is 203 g/mol. The summed E-state index contributed by atoms with van der Waals surface area (Å²) in [6.07, 6.45) is 0. The van der Waals surface area contributed by atoms with Gasteiger partial charge in [-0.3, -0.25) is 0 Å². The molecule has 0 fully saturated rings. The van der Waals surface area contributed by atoms with Crippen LogP contribution in [0.15, 0.2) is 6.07 Å². The van der Waals surface area contributed by atoms with E-state index in [9.17, 15) is 0 Å². The Hall–Kier alpha value is -1.00. The molecule has 0 unspecified atom stereocenters. The van der Waals surface area contributed by atoms with Crippen molar-refractivity contribution in [1.29, 1.82) is 0 Å². The summed E-state index contributed by atoms with van der Waals surface area (Å²) in [5, 5.41) is 0.363. The summed E-state index contributed by atoms with van der Waals surface area (Å²) in [7, 11) is 3.02. The molecule has 0 aliphatic carbocycles. The molecular formula is C8H11ClN2O2. The van der Waals surface area contributed by atoms with E-state index in [2.05, 4.69) is 4.98 Å². The molecule has 0 saturated carbocycles. The number of methoxy groups -OCH3 is 2. The minimum absolute atomic E-state index is 0.323. The Morgan fingerprint density at radius 3 is 2.62 bits per heavy atom. The normalized spacial score (nSPS) is 9.85. The van der Waals surface area contributed by atoms with Gasteiger partial charge in [0, 0.05) is 12.6 Å². The van der Waals surface area contributed by atoms with Gasteiger partial charge in [-0.1, -0.05) is 11.6 Å². The first-order chi connectivity index (χ1) is 6.22. The average Bonchev–Trinajstić information content (AvgIpc) is 2.18. The number of hydrogen-bond donors (Lipinski definition) is 1. The lowest BCUT2D eigenvalue weighted by Gasteiger charge is -2.08. The smallest absolute Gasteiger partial charge is 0.236 e. The maximum Gasteiger partial charge on any atom is 0.236 e. The van der Waals surface area contributed by atoms with Crippen molar-refractivity contribution in [3.8, 4) is 11.6 Å². The fraction of sp³-hybridized carbons (Fsp3) is 0.375. The van der Waals surface area contributed by atoms with Crippen LogP contribution < -0.4 is 15.2 Å².